The molecule has 0 saturated heterocycles. The average molecular weight is 388 g/mol. The van der Waals surface area contributed by atoms with Crippen LogP contribution in [0.25, 0.3) is 22.2 Å². The summed E-state index contributed by atoms with van der Waals surface area (Å²) in [4.78, 5) is 15.2. The van der Waals surface area contributed by atoms with Crippen molar-refractivity contribution in [2.75, 3.05) is 6.61 Å². The number of benzene rings is 2. The Balaban J connectivity index is 1.69. The molecule has 0 aliphatic heterocycles. The lowest BCUT2D eigenvalue weighted by atomic mass is 10.0. The largest absolute Gasteiger partial charge is 0.394 e. The summed E-state index contributed by atoms with van der Waals surface area (Å²) in [6, 6.07) is 7.68. The fourth-order valence-electron chi connectivity index (χ4n) is 3.47. The molecule has 7 heteroatoms. The predicted molar refractivity (Wildman–Crippen MR) is 99.1 cm³/mol. The second kappa shape index (κ2) is 6.98. The highest BCUT2D eigenvalue weighted by Gasteiger charge is 2.43. The minimum atomic E-state index is -0.730. The lowest BCUT2D eigenvalue weighted by molar-refractivity contribution is -0.122. The number of H-pyrrole nitrogens is 1. The Kier molecular flexibility index (Phi) is 4.63. The van der Waals surface area contributed by atoms with Crippen molar-refractivity contribution in [3.05, 3.63) is 59.4 Å². The monoisotopic (exact) mass is 388 g/mol. The lowest BCUT2D eigenvalue weighted by Crippen LogP contribution is -2.39. The molecular formula is C21H19F3N2O2. The molecule has 1 heterocycles. The number of hydrogen-bond donors (Lipinski definition) is 3. The minimum absolute atomic E-state index is 0.0982. The number of nitrogens with one attached hydrogen (secondary N) is 2. The van der Waals surface area contributed by atoms with Crippen molar-refractivity contribution in [2.45, 2.75) is 31.2 Å². The topological polar surface area (TPSA) is 65.1 Å². The van der Waals surface area contributed by atoms with Gasteiger partial charge in [-0.15, -0.1) is 0 Å². The number of hydrogen-bond acceptors (Lipinski definition) is 2. The Morgan fingerprint density at radius 2 is 1.82 bits per heavy atom. The van der Waals surface area contributed by atoms with Gasteiger partial charge in [0.2, 0.25) is 5.91 Å². The van der Waals surface area contributed by atoms with Gasteiger partial charge in [-0.3, -0.25) is 4.79 Å². The maximum absolute atomic E-state index is 14.3. The van der Waals surface area contributed by atoms with Gasteiger partial charge in [-0.05, 0) is 60.7 Å². The van der Waals surface area contributed by atoms with Crippen molar-refractivity contribution < 1.29 is 23.1 Å². The van der Waals surface area contributed by atoms with Crippen molar-refractivity contribution in [3.8, 4) is 11.3 Å². The molecule has 3 aromatic rings. The van der Waals surface area contributed by atoms with Crippen molar-refractivity contribution >= 4 is 16.8 Å². The van der Waals surface area contributed by atoms with Crippen LogP contribution in [0, 0.1) is 17.5 Å². The van der Waals surface area contributed by atoms with Crippen LogP contribution >= 0.6 is 0 Å². The summed E-state index contributed by atoms with van der Waals surface area (Å²) >= 11 is 0. The molecule has 1 aliphatic rings. The molecule has 0 spiro atoms. The smallest absolute Gasteiger partial charge is 0.220 e. The number of amides is 1. The Morgan fingerprint density at radius 3 is 2.46 bits per heavy atom. The molecule has 4 rings (SSSR count). The van der Waals surface area contributed by atoms with E-state index in [1.165, 1.54) is 18.2 Å². The van der Waals surface area contributed by atoms with Crippen LogP contribution in [-0.4, -0.2) is 28.1 Å². The van der Waals surface area contributed by atoms with Gasteiger partial charge in [0.15, 0.2) is 0 Å². The molecule has 146 valence electrons. The molecule has 0 bridgehead atoms. The van der Waals surface area contributed by atoms with E-state index in [0.717, 1.165) is 18.9 Å². The standard InChI is InChI=1S/C21H19F3N2O2/c22-13-3-1-12(2-4-13)19-15(5-6-18(28)26-21(11-27)7-8-21)16-9-14(23)10-17(24)20(16)25-19/h1-4,9-10,25,27H,5-8,11H2,(H,26,28). The van der Waals surface area contributed by atoms with E-state index in [4.69, 9.17) is 0 Å². The van der Waals surface area contributed by atoms with Crippen LogP contribution in [-0.2, 0) is 11.2 Å². The Hall–Kier alpha value is -2.80. The number of aryl methyl sites for hydroxylation is 1. The molecule has 1 fully saturated rings. The molecular weight excluding hydrogens is 369 g/mol. The summed E-state index contributed by atoms with van der Waals surface area (Å²) in [7, 11) is 0. The van der Waals surface area contributed by atoms with E-state index in [9.17, 15) is 23.1 Å². The SMILES string of the molecule is O=C(CCc1c(-c2ccc(F)cc2)[nH]c2c(F)cc(F)cc12)NC1(CO)CC1. The number of rotatable bonds is 6. The van der Waals surface area contributed by atoms with E-state index in [0.29, 0.717) is 22.2 Å². The normalized spacial score (nSPS) is 15.0. The first-order valence-electron chi connectivity index (χ1n) is 9.08. The molecule has 3 N–H and O–H groups in total. The zero-order chi connectivity index (χ0) is 19.9. The van der Waals surface area contributed by atoms with Crippen LogP contribution in [0.5, 0.6) is 0 Å². The second-order valence-corrected chi connectivity index (χ2v) is 7.28. The van der Waals surface area contributed by atoms with Crippen LogP contribution in [0.4, 0.5) is 13.2 Å². The van der Waals surface area contributed by atoms with Gasteiger partial charge in [-0.25, -0.2) is 13.2 Å². The van der Waals surface area contributed by atoms with E-state index in [-0.39, 0.29) is 30.9 Å². The first-order chi connectivity index (χ1) is 13.4. The summed E-state index contributed by atoms with van der Waals surface area (Å²) in [5.41, 5.74) is 1.35. The third-order valence-electron chi connectivity index (χ3n) is 5.23. The number of aromatic amines is 1. The molecule has 1 saturated carbocycles. The molecule has 1 aromatic heterocycles. The Labute approximate surface area is 159 Å². The fourth-order valence-corrected chi connectivity index (χ4v) is 3.47. The number of halogens is 3. The van der Waals surface area contributed by atoms with Gasteiger partial charge in [0.1, 0.15) is 17.5 Å². The van der Waals surface area contributed by atoms with Gasteiger partial charge in [0.05, 0.1) is 17.7 Å². The Morgan fingerprint density at radius 1 is 1.11 bits per heavy atom. The quantitative estimate of drug-likeness (QED) is 0.601. The van der Waals surface area contributed by atoms with Gasteiger partial charge in [0, 0.05) is 23.6 Å². The fraction of sp³-hybridized carbons (Fsp3) is 0.286. The first kappa shape index (κ1) is 18.6. The van der Waals surface area contributed by atoms with E-state index >= 15 is 0 Å². The number of aliphatic hydroxyl groups excluding tert-OH is 1. The van der Waals surface area contributed by atoms with Crippen LogP contribution < -0.4 is 5.32 Å². The van der Waals surface area contributed by atoms with Gasteiger partial charge in [-0.1, -0.05) is 0 Å². The maximum Gasteiger partial charge on any atom is 0.220 e. The molecule has 0 radical (unpaired) electrons. The molecule has 0 unspecified atom stereocenters. The second-order valence-electron chi connectivity index (χ2n) is 7.28. The van der Waals surface area contributed by atoms with E-state index in [1.807, 2.05) is 0 Å². The third kappa shape index (κ3) is 3.49. The summed E-state index contributed by atoms with van der Waals surface area (Å²) in [6.45, 7) is -0.108. The van der Waals surface area contributed by atoms with Crippen LogP contribution in [0.2, 0.25) is 0 Å². The molecule has 2 aromatic carbocycles. The highest BCUT2D eigenvalue weighted by Crippen LogP contribution is 2.36. The molecule has 1 aliphatic carbocycles. The van der Waals surface area contributed by atoms with Gasteiger partial charge >= 0.3 is 0 Å². The molecule has 0 atom stereocenters. The third-order valence-corrected chi connectivity index (χ3v) is 5.23. The van der Waals surface area contributed by atoms with Crippen molar-refractivity contribution in [3.63, 3.8) is 0 Å². The number of aliphatic hydroxyl groups is 1. The van der Waals surface area contributed by atoms with Crippen LogP contribution in [0.15, 0.2) is 36.4 Å². The van der Waals surface area contributed by atoms with E-state index in [2.05, 4.69) is 10.3 Å². The molecule has 1 amide bonds. The highest BCUT2D eigenvalue weighted by atomic mass is 19.1. The maximum atomic E-state index is 14.3. The highest BCUT2D eigenvalue weighted by molar-refractivity contribution is 5.92. The van der Waals surface area contributed by atoms with Crippen LogP contribution in [0.1, 0.15) is 24.8 Å². The number of fused-ring (bicyclic) bond motifs is 1. The van der Waals surface area contributed by atoms with E-state index in [1.54, 1.807) is 12.1 Å². The summed E-state index contributed by atoms with van der Waals surface area (Å²) in [5.74, 6) is -2.08. The minimum Gasteiger partial charge on any atom is -0.394 e. The first-order valence-corrected chi connectivity index (χ1v) is 9.08. The Bertz CT molecular complexity index is 1040. The molecule has 28 heavy (non-hydrogen) atoms. The van der Waals surface area contributed by atoms with Gasteiger partial charge in [0.25, 0.3) is 0 Å². The van der Waals surface area contributed by atoms with Crippen molar-refractivity contribution in [2.24, 2.45) is 0 Å². The lowest BCUT2D eigenvalue weighted by Gasteiger charge is -2.14. The average Bonchev–Trinajstić information content (AvgIpc) is 3.33. The zero-order valence-corrected chi connectivity index (χ0v) is 15.0. The summed E-state index contributed by atoms with van der Waals surface area (Å²) < 4.78 is 41.3. The van der Waals surface area contributed by atoms with Crippen LogP contribution in [0.3, 0.4) is 0 Å². The van der Waals surface area contributed by atoms with Crippen molar-refractivity contribution in [1.29, 1.82) is 0 Å². The van der Waals surface area contributed by atoms with Gasteiger partial charge in [-0.2, -0.15) is 0 Å². The molecule has 4 nitrogen and oxygen atoms in total. The van der Waals surface area contributed by atoms with Gasteiger partial charge < -0.3 is 15.4 Å². The van der Waals surface area contributed by atoms with E-state index < -0.39 is 23.0 Å². The van der Waals surface area contributed by atoms with Crippen molar-refractivity contribution in [1.82, 2.24) is 10.3 Å². The number of aromatic nitrogens is 1. The summed E-state index contributed by atoms with van der Waals surface area (Å²) in [5, 5.41) is 12.5. The number of carbonyl (C=O) groups is 1. The summed E-state index contributed by atoms with van der Waals surface area (Å²) in [6.07, 6.45) is 1.81. The zero-order valence-electron chi connectivity index (χ0n) is 15.0. The predicted octanol–water partition coefficient (Wildman–Crippen LogP) is 3.83. The number of carbonyl (C=O) groups excluding carboxylic acids is 1.